The smallest absolute Gasteiger partial charge is 0.339 e. The molecule has 0 aromatic heterocycles. The van der Waals surface area contributed by atoms with E-state index in [1.165, 1.54) is 7.11 Å². The molecule has 2 aromatic carbocycles. The lowest BCUT2D eigenvalue weighted by Crippen LogP contribution is -2.31. The molecular formula is C17H18N2O3. The third-order valence-corrected chi connectivity index (χ3v) is 3.23. The van der Waals surface area contributed by atoms with E-state index in [9.17, 15) is 9.59 Å². The third kappa shape index (κ3) is 3.85. The van der Waals surface area contributed by atoms with E-state index in [-0.39, 0.29) is 12.1 Å². The quantitative estimate of drug-likeness (QED) is 0.851. The Morgan fingerprint density at radius 1 is 1.00 bits per heavy atom. The number of para-hydroxylation sites is 1. The van der Waals surface area contributed by atoms with Crippen LogP contribution >= 0.6 is 0 Å². The van der Waals surface area contributed by atoms with E-state index in [2.05, 4.69) is 10.6 Å². The molecule has 2 aromatic rings. The lowest BCUT2D eigenvalue weighted by Gasteiger charge is -2.16. The predicted octanol–water partition coefficient (Wildman–Crippen LogP) is 3.36. The second-order valence-electron chi connectivity index (χ2n) is 4.77. The van der Waals surface area contributed by atoms with E-state index in [1.54, 1.807) is 24.3 Å². The van der Waals surface area contributed by atoms with Crippen LogP contribution in [0, 0.1) is 0 Å². The van der Waals surface area contributed by atoms with Crippen LogP contribution in [0.3, 0.4) is 0 Å². The zero-order valence-electron chi connectivity index (χ0n) is 12.5. The summed E-state index contributed by atoms with van der Waals surface area (Å²) in [6, 6.07) is 15.8. The molecule has 1 unspecified atom stereocenters. The van der Waals surface area contributed by atoms with Gasteiger partial charge in [-0.1, -0.05) is 42.5 Å². The van der Waals surface area contributed by atoms with Crippen LogP contribution in [0.25, 0.3) is 0 Å². The number of anilines is 1. The molecule has 2 rings (SSSR count). The van der Waals surface area contributed by atoms with Gasteiger partial charge in [-0.15, -0.1) is 0 Å². The molecule has 5 heteroatoms. The van der Waals surface area contributed by atoms with E-state index in [0.29, 0.717) is 11.3 Å². The monoisotopic (exact) mass is 298 g/mol. The first kappa shape index (κ1) is 15.6. The molecule has 22 heavy (non-hydrogen) atoms. The van der Waals surface area contributed by atoms with Crippen molar-refractivity contribution in [2.24, 2.45) is 0 Å². The number of methoxy groups -OCH3 is 1. The summed E-state index contributed by atoms with van der Waals surface area (Å²) < 4.78 is 4.70. The van der Waals surface area contributed by atoms with Gasteiger partial charge < -0.3 is 15.4 Å². The van der Waals surface area contributed by atoms with Gasteiger partial charge in [-0.25, -0.2) is 9.59 Å². The van der Waals surface area contributed by atoms with Crippen molar-refractivity contribution in [2.75, 3.05) is 12.4 Å². The van der Waals surface area contributed by atoms with Gasteiger partial charge in [-0.3, -0.25) is 0 Å². The number of esters is 1. The Morgan fingerprint density at radius 2 is 1.64 bits per heavy atom. The van der Waals surface area contributed by atoms with Gasteiger partial charge >= 0.3 is 12.0 Å². The van der Waals surface area contributed by atoms with Crippen molar-refractivity contribution in [1.29, 1.82) is 0 Å². The van der Waals surface area contributed by atoms with Gasteiger partial charge in [0.1, 0.15) is 0 Å². The first-order valence-electron chi connectivity index (χ1n) is 6.91. The molecule has 0 saturated heterocycles. The third-order valence-electron chi connectivity index (χ3n) is 3.23. The topological polar surface area (TPSA) is 67.4 Å². The molecule has 0 spiro atoms. The molecule has 0 saturated carbocycles. The Balaban J connectivity index is 2.05. The molecule has 5 nitrogen and oxygen atoms in total. The minimum atomic E-state index is -0.494. The molecule has 0 fully saturated rings. The fraction of sp³-hybridized carbons (Fsp3) is 0.176. The molecule has 0 aliphatic carbocycles. The van der Waals surface area contributed by atoms with Crippen molar-refractivity contribution in [3.63, 3.8) is 0 Å². The van der Waals surface area contributed by atoms with E-state index in [4.69, 9.17) is 4.74 Å². The molecular weight excluding hydrogens is 280 g/mol. The largest absolute Gasteiger partial charge is 0.465 e. The van der Waals surface area contributed by atoms with Gasteiger partial charge in [0, 0.05) is 0 Å². The van der Waals surface area contributed by atoms with E-state index >= 15 is 0 Å². The first-order chi connectivity index (χ1) is 10.6. The standard InChI is InChI=1S/C17H18N2O3/c1-12(13-8-4-3-5-9-13)18-17(21)19-15-11-7-6-10-14(15)16(20)22-2/h3-12H,1-2H3,(H2,18,19,21). The lowest BCUT2D eigenvalue weighted by atomic mass is 10.1. The van der Waals surface area contributed by atoms with Gasteiger partial charge in [0.25, 0.3) is 0 Å². The van der Waals surface area contributed by atoms with Crippen LogP contribution in [0.1, 0.15) is 28.9 Å². The van der Waals surface area contributed by atoms with Crippen molar-refractivity contribution in [1.82, 2.24) is 5.32 Å². The number of urea groups is 1. The lowest BCUT2D eigenvalue weighted by molar-refractivity contribution is 0.0602. The second kappa shape index (κ2) is 7.26. The number of carbonyl (C=O) groups excluding carboxylic acids is 2. The van der Waals surface area contributed by atoms with Gasteiger partial charge in [-0.05, 0) is 24.6 Å². The number of nitrogens with one attached hydrogen (secondary N) is 2. The van der Waals surface area contributed by atoms with Gasteiger partial charge in [-0.2, -0.15) is 0 Å². The van der Waals surface area contributed by atoms with E-state index < -0.39 is 5.97 Å². The summed E-state index contributed by atoms with van der Waals surface area (Å²) in [5, 5.41) is 5.50. The van der Waals surface area contributed by atoms with Crippen LogP contribution < -0.4 is 10.6 Å². The number of rotatable bonds is 4. The highest BCUT2D eigenvalue weighted by atomic mass is 16.5. The Bertz CT molecular complexity index is 656. The Labute approximate surface area is 129 Å². The molecule has 0 bridgehead atoms. The SMILES string of the molecule is COC(=O)c1ccccc1NC(=O)NC(C)c1ccccc1. The summed E-state index contributed by atoms with van der Waals surface area (Å²) in [6.45, 7) is 1.89. The highest BCUT2D eigenvalue weighted by Gasteiger charge is 2.14. The highest BCUT2D eigenvalue weighted by molar-refractivity contribution is 6.00. The second-order valence-corrected chi connectivity index (χ2v) is 4.77. The van der Waals surface area contributed by atoms with Crippen LogP contribution in [0.2, 0.25) is 0 Å². The number of hydrogen-bond acceptors (Lipinski definition) is 3. The maximum Gasteiger partial charge on any atom is 0.339 e. The summed E-state index contributed by atoms with van der Waals surface area (Å²) in [6.07, 6.45) is 0. The van der Waals surface area contributed by atoms with Crippen molar-refractivity contribution >= 4 is 17.7 Å². The zero-order chi connectivity index (χ0) is 15.9. The van der Waals surface area contributed by atoms with Crippen LogP contribution in [0.5, 0.6) is 0 Å². The van der Waals surface area contributed by atoms with Crippen LogP contribution in [0.4, 0.5) is 10.5 Å². The summed E-state index contributed by atoms with van der Waals surface area (Å²) in [4.78, 5) is 23.8. The average molecular weight is 298 g/mol. The summed E-state index contributed by atoms with van der Waals surface area (Å²) in [5.74, 6) is -0.494. The minimum absolute atomic E-state index is 0.147. The Morgan fingerprint density at radius 3 is 2.32 bits per heavy atom. The summed E-state index contributed by atoms with van der Waals surface area (Å²) >= 11 is 0. The molecule has 0 aliphatic heterocycles. The van der Waals surface area contributed by atoms with Crippen molar-refractivity contribution in [2.45, 2.75) is 13.0 Å². The summed E-state index contributed by atoms with van der Waals surface area (Å²) in [5.41, 5.74) is 1.72. The number of hydrogen-bond donors (Lipinski definition) is 2. The fourth-order valence-corrected chi connectivity index (χ4v) is 2.06. The van der Waals surface area contributed by atoms with Gasteiger partial charge in [0.2, 0.25) is 0 Å². The number of ether oxygens (including phenoxy) is 1. The van der Waals surface area contributed by atoms with Crippen LogP contribution in [-0.2, 0) is 4.74 Å². The molecule has 0 heterocycles. The van der Waals surface area contributed by atoms with Crippen LogP contribution in [-0.4, -0.2) is 19.1 Å². The van der Waals surface area contributed by atoms with Crippen molar-refractivity contribution in [3.8, 4) is 0 Å². The molecule has 0 aliphatic rings. The number of amides is 2. The number of carbonyl (C=O) groups is 2. The normalized spacial score (nSPS) is 11.4. The number of benzene rings is 2. The predicted molar refractivity (Wildman–Crippen MR) is 84.8 cm³/mol. The highest BCUT2D eigenvalue weighted by Crippen LogP contribution is 2.17. The zero-order valence-corrected chi connectivity index (χ0v) is 12.5. The van der Waals surface area contributed by atoms with Crippen molar-refractivity contribution < 1.29 is 14.3 Å². The van der Waals surface area contributed by atoms with E-state index in [1.807, 2.05) is 37.3 Å². The first-order valence-corrected chi connectivity index (χ1v) is 6.91. The molecule has 2 amide bonds. The molecule has 0 radical (unpaired) electrons. The Kier molecular flexibility index (Phi) is 5.14. The van der Waals surface area contributed by atoms with Crippen LogP contribution in [0.15, 0.2) is 54.6 Å². The summed E-state index contributed by atoms with van der Waals surface area (Å²) in [7, 11) is 1.30. The maximum absolute atomic E-state index is 12.1. The molecule has 114 valence electrons. The maximum atomic E-state index is 12.1. The van der Waals surface area contributed by atoms with Crippen molar-refractivity contribution in [3.05, 3.63) is 65.7 Å². The van der Waals surface area contributed by atoms with Gasteiger partial charge in [0.15, 0.2) is 0 Å². The molecule has 1 atom stereocenters. The average Bonchev–Trinajstić information content (AvgIpc) is 2.55. The van der Waals surface area contributed by atoms with E-state index in [0.717, 1.165) is 5.56 Å². The molecule has 2 N–H and O–H groups in total. The fourth-order valence-electron chi connectivity index (χ4n) is 2.06. The Hall–Kier alpha value is -2.82. The minimum Gasteiger partial charge on any atom is -0.465 e. The van der Waals surface area contributed by atoms with Gasteiger partial charge in [0.05, 0.1) is 24.4 Å².